The van der Waals surface area contributed by atoms with Gasteiger partial charge in [0.05, 0.1) is 5.69 Å². The van der Waals surface area contributed by atoms with E-state index in [-0.39, 0.29) is 0 Å². The minimum absolute atomic E-state index is 0.793. The molecule has 0 spiro atoms. The van der Waals surface area contributed by atoms with Gasteiger partial charge in [-0.1, -0.05) is 0 Å². The van der Waals surface area contributed by atoms with Gasteiger partial charge in [-0.3, -0.25) is 4.68 Å². The molecule has 0 saturated carbocycles. The van der Waals surface area contributed by atoms with E-state index in [1.54, 1.807) is 7.11 Å². The number of aryl methyl sites for hydroxylation is 1. The van der Waals surface area contributed by atoms with Crippen LogP contribution in [0.3, 0.4) is 0 Å². The molecule has 0 aliphatic heterocycles. The molecule has 0 atom stereocenters. The molecular weight excluding hydrogens is 166 g/mol. The van der Waals surface area contributed by atoms with Crippen LogP contribution in [0.25, 0.3) is 0 Å². The van der Waals surface area contributed by atoms with E-state index in [9.17, 15) is 0 Å². The molecular formula is C9H17N3O. The lowest BCUT2D eigenvalue weighted by Crippen LogP contribution is -2.07. The van der Waals surface area contributed by atoms with Gasteiger partial charge in [0.2, 0.25) is 0 Å². The van der Waals surface area contributed by atoms with Gasteiger partial charge in [0.25, 0.3) is 0 Å². The molecule has 1 rings (SSSR count). The third-order valence-electron chi connectivity index (χ3n) is 1.79. The molecule has 0 aliphatic rings. The highest BCUT2D eigenvalue weighted by atomic mass is 16.5. The number of hydrogen-bond acceptors (Lipinski definition) is 3. The van der Waals surface area contributed by atoms with Gasteiger partial charge >= 0.3 is 0 Å². The molecule has 0 amide bonds. The van der Waals surface area contributed by atoms with Crippen LogP contribution >= 0.6 is 0 Å². The summed E-state index contributed by atoms with van der Waals surface area (Å²) in [6.45, 7) is 2.55. The second kappa shape index (κ2) is 5.72. The summed E-state index contributed by atoms with van der Waals surface area (Å²) >= 11 is 0. The maximum atomic E-state index is 4.96. The van der Waals surface area contributed by atoms with Crippen molar-refractivity contribution in [3.63, 3.8) is 0 Å². The average molecular weight is 183 g/mol. The van der Waals surface area contributed by atoms with Gasteiger partial charge in [0, 0.05) is 33.0 Å². The van der Waals surface area contributed by atoms with Gasteiger partial charge in [0.15, 0.2) is 0 Å². The quantitative estimate of drug-likeness (QED) is 0.658. The Morgan fingerprint density at radius 3 is 3.15 bits per heavy atom. The van der Waals surface area contributed by atoms with Crippen molar-refractivity contribution in [2.24, 2.45) is 0 Å². The SMILES string of the molecule is CNCc1ccn(CCCOC)n1. The highest BCUT2D eigenvalue weighted by Gasteiger charge is 1.96. The molecule has 4 heteroatoms. The first-order valence-electron chi connectivity index (χ1n) is 4.52. The van der Waals surface area contributed by atoms with Crippen molar-refractivity contribution in [3.8, 4) is 0 Å². The van der Waals surface area contributed by atoms with Crippen LogP contribution in [0.15, 0.2) is 12.3 Å². The third-order valence-corrected chi connectivity index (χ3v) is 1.79. The molecule has 0 saturated heterocycles. The van der Waals surface area contributed by atoms with Crippen molar-refractivity contribution in [1.29, 1.82) is 0 Å². The van der Waals surface area contributed by atoms with E-state index in [1.807, 2.05) is 24.0 Å². The summed E-state index contributed by atoms with van der Waals surface area (Å²) in [5.74, 6) is 0. The fourth-order valence-electron chi connectivity index (χ4n) is 1.17. The van der Waals surface area contributed by atoms with Crippen molar-refractivity contribution < 1.29 is 4.74 Å². The van der Waals surface area contributed by atoms with Gasteiger partial charge in [0.1, 0.15) is 0 Å². The molecule has 0 radical (unpaired) electrons. The van der Waals surface area contributed by atoms with Crippen molar-refractivity contribution in [3.05, 3.63) is 18.0 Å². The van der Waals surface area contributed by atoms with E-state index < -0.39 is 0 Å². The van der Waals surface area contributed by atoms with Crippen molar-refractivity contribution >= 4 is 0 Å². The monoisotopic (exact) mass is 183 g/mol. The van der Waals surface area contributed by atoms with Crippen molar-refractivity contribution in [1.82, 2.24) is 15.1 Å². The summed E-state index contributed by atoms with van der Waals surface area (Å²) in [6, 6.07) is 2.03. The number of methoxy groups -OCH3 is 1. The molecule has 74 valence electrons. The fraction of sp³-hybridized carbons (Fsp3) is 0.667. The highest BCUT2D eigenvalue weighted by Crippen LogP contribution is 1.96. The number of hydrogen-bond donors (Lipinski definition) is 1. The second-order valence-electron chi connectivity index (χ2n) is 2.95. The Balaban J connectivity index is 2.31. The van der Waals surface area contributed by atoms with Gasteiger partial charge in [-0.2, -0.15) is 5.10 Å². The Morgan fingerprint density at radius 2 is 2.46 bits per heavy atom. The van der Waals surface area contributed by atoms with Gasteiger partial charge < -0.3 is 10.1 Å². The molecule has 1 heterocycles. The normalized spacial score (nSPS) is 10.6. The predicted octanol–water partition coefficient (Wildman–Crippen LogP) is 0.639. The molecule has 1 aromatic rings. The van der Waals surface area contributed by atoms with Crippen LogP contribution in [-0.4, -0.2) is 30.5 Å². The zero-order valence-electron chi connectivity index (χ0n) is 8.29. The average Bonchev–Trinajstić information content (AvgIpc) is 2.54. The molecule has 0 fully saturated rings. The van der Waals surface area contributed by atoms with E-state index in [2.05, 4.69) is 10.4 Å². The summed E-state index contributed by atoms with van der Waals surface area (Å²) in [5, 5.41) is 7.43. The van der Waals surface area contributed by atoms with Crippen molar-refractivity contribution in [2.75, 3.05) is 20.8 Å². The van der Waals surface area contributed by atoms with E-state index >= 15 is 0 Å². The molecule has 0 aliphatic carbocycles. The van der Waals surface area contributed by atoms with Crippen LogP contribution < -0.4 is 5.32 Å². The molecule has 1 N–H and O–H groups in total. The Kier molecular flexibility index (Phi) is 4.49. The van der Waals surface area contributed by atoms with Gasteiger partial charge in [-0.15, -0.1) is 0 Å². The molecule has 4 nitrogen and oxygen atoms in total. The van der Waals surface area contributed by atoms with Crippen LogP contribution in [0, 0.1) is 0 Å². The lowest BCUT2D eigenvalue weighted by Gasteiger charge is -2.00. The zero-order chi connectivity index (χ0) is 9.52. The first kappa shape index (κ1) is 10.2. The number of rotatable bonds is 6. The Labute approximate surface area is 78.9 Å². The standard InChI is InChI=1S/C9H17N3O/c1-10-8-9-4-6-12(11-9)5-3-7-13-2/h4,6,10H,3,5,7-8H2,1-2H3. The Morgan fingerprint density at radius 1 is 1.62 bits per heavy atom. The Hall–Kier alpha value is -0.870. The van der Waals surface area contributed by atoms with E-state index in [1.165, 1.54) is 0 Å². The zero-order valence-corrected chi connectivity index (χ0v) is 8.29. The van der Waals surface area contributed by atoms with E-state index in [0.29, 0.717) is 0 Å². The first-order chi connectivity index (χ1) is 6.36. The van der Waals surface area contributed by atoms with Crippen molar-refractivity contribution in [2.45, 2.75) is 19.5 Å². The van der Waals surface area contributed by atoms with Gasteiger partial charge in [-0.05, 0) is 19.5 Å². The number of aromatic nitrogens is 2. The van der Waals surface area contributed by atoms with Crippen LogP contribution in [0.4, 0.5) is 0 Å². The summed E-state index contributed by atoms with van der Waals surface area (Å²) < 4.78 is 6.91. The van der Waals surface area contributed by atoms with Crippen LogP contribution in [0.5, 0.6) is 0 Å². The summed E-state index contributed by atoms with van der Waals surface area (Å²) in [6.07, 6.45) is 3.01. The fourth-order valence-corrected chi connectivity index (χ4v) is 1.17. The highest BCUT2D eigenvalue weighted by molar-refractivity contribution is 4.97. The van der Waals surface area contributed by atoms with E-state index in [4.69, 9.17) is 4.74 Å². The molecule has 0 bridgehead atoms. The van der Waals surface area contributed by atoms with Crippen LogP contribution in [0.1, 0.15) is 12.1 Å². The first-order valence-corrected chi connectivity index (χ1v) is 4.52. The lowest BCUT2D eigenvalue weighted by atomic mass is 10.4. The molecule has 13 heavy (non-hydrogen) atoms. The second-order valence-corrected chi connectivity index (χ2v) is 2.95. The number of ether oxygens (including phenoxy) is 1. The summed E-state index contributed by atoms with van der Waals surface area (Å²) in [4.78, 5) is 0. The minimum atomic E-state index is 0.793. The Bertz CT molecular complexity index is 235. The van der Waals surface area contributed by atoms with Gasteiger partial charge in [-0.25, -0.2) is 0 Å². The predicted molar refractivity (Wildman–Crippen MR) is 51.5 cm³/mol. The molecule has 0 aromatic carbocycles. The van der Waals surface area contributed by atoms with E-state index in [0.717, 1.165) is 31.8 Å². The molecule has 0 unspecified atom stereocenters. The van der Waals surface area contributed by atoms with Crippen LogP contribution in [0.2, 0.25) is 0 Å². The third kappa shape index (κ3) is 3.57. The number of nitrogens with one attached hydrogen (secondary N) is 1. The maximum Gasteiger partial charge on any atom is 0.0762 e. The number of nitrogens with zero attached hydrogens (tertiary/aromatic N) is 2. The summed E-state index contributed by atoms with van der Waals surface area (Å²) in [7, 11) is 3.64. The largest absolute Gasteiger partial charge is 0.385 e. The maximum absolute atomic E-state index is 4.96. The lowest BCUT2D eigenvalue weighted by molar-refractivity contribution is 0.189. The topological polar surface area (TPSA) is 39.1 Å². The minimum Gasteiger partial charge on any atom is -0.385 e. The smallest absolute Gasteiger partial charge is 0.0762 e. The van der Waals surface area contributed by atoms with Crippen LogP contribution in [-0.2, 0) is 17.8 Å². The molecule has 1 aromatic heterocycles. The summed E-state index contributed by atoms with van der Waals surface area (Å²) in [5.41, 5.74) is 1.08.